The monoisotopic (exact) mass is 272 g/mol. The summed E-state index contributed by atoms with van der Waals surface area (Å²) in [6.07, 6.45) is 0. The number of carboxylic acids is 1. The lowest BCUT2D eigenvalue weighted by molar-refractivity contribution is -0.137. The van der Waals surface area contributed by atoms with Crippen LogP contribution in [0, 0.1) is 5.92 Å². The van der Waals surface area contributed by atoms with Crippen LogP contribution in [0.4, 0.5) is 0 Å². The van der Waals surface area contributed by atoms with E-state index in [9.17, 15) is 4.79 Å². The fourth-order valence-corrected chi connectivity index (χ4v) is 2.12. The predicted octanol–water partition coefficient (Wildman–Crippen LogP) is 1.70. The third-order valence-corrected chi connectivity index (χ3v) is 3.55. The molecule has 1 rings (SSSR count). The first-order valence-corrected chi connectivity index (χ1v) is 6.22. The molecule has 1 aromatic rings. The lowest BCUT2D eigenvalue weighted by Crippen LogP contribution is -2.22. The van der Waals surface area contributed by atoms with E-state index < -0.39 is 11.2 Å². The van der Waals surface area contributed by atoms with Crippen molar-refractivity contribution >= 4 is 17.7 Å². The molecule has 1 N–H and O–H groups in total. The van der Waals surface area contributed by atoms with Gasteiger partial charge in [-0.25, -0.2) is 0 Å². The van der Waals surface area contributed by atoms with Crippen molar-refractivity contribution in [2.45, 2.75) is 24.3 Å². The van der Waals surface area contributed by atoms with Gasteiger partial charge in [-0.3, -0.25) is 4.79 Å². The maximum absolute atomic E-state index is 11.1. The van der Waals surface area contributed by atoms with Crippen LogP contribution in [0.5, 0.6) is 11.8 Å². The van der Waals surface area contributed by atoms with E-state index in [-0.39, 0.29) is 5.92 Å². The van der Waals surface area contributed by atoms with Crippen LogP contribution < -0.4 is 9.47 Å². The van der Waals surface area contributed by atoms with E-state index in [2.05, 4.69) is 9.97 Å². The van der Waals surface area contributed by atoms with E-state index >= 15 is 0 Å². The third kappa shape index (κ3) is 3.76. The molecule has 0 fully saturated rings. The van der Waals surface area contributed by atoms with Crippen LogP contribution in [0.1, 0.15) is 13.8 Å². The van der Waals surface area contributed by atoms with Crippen molar-refractivity contribution in [1.82, 2.24) is 9.97 Å². The number of aromatic nitrogens is 2. The van der Waals surface area contributed by atoms with E-state index in [1.807, 2.05) is 13.8 Å². The lowest BCUT2D eigenvalue weighted by Gasteiger charge is -2.15. The first-order chi connectivity index (χ1) is 8.47. The summed E-state index contributed by atoms with van der Waals surface area (Å²) in [6.45, 7) is 3.67. The number of hydrogen-bond acceptors (Lipinski definition) is 6. The first kappa shape index (κ1) is 14.6. The summed E-state index contributed by atoms with van der Waals surface area (Å²) in [4.78, 5) is 19.3. The Morgan fingerprint density at radius 1 is 1.28 bits per heavy atom. The number of methoxy groups -OCH3 is 2. The van der Waals surface area contributed by atoms with Gasteiger partial charge in [0.2, 0.25) is 11.8 Å². The summed E-state index contributed by atoms with van der Waals surface area (Å²) in [7, 11) is 2.96. The second-order valence-corrected chi connectivity index (χ2v) is 4.96. The molecular weight excluding hydrogens is 256 g/mol. The Morgan fingerprint density at radius 3 is 2.11 bits per heavy atom. The third-order valence-electron chi connectivity index (χ3n) is 2.16. The molecule has 6 nitrogen and oxygen atoms in total. The highest BCUT2D eigenvalue weighted by Gasteiger charge is 2.24. The molecular formula is C11H16N2O4S. The van der Waals surface area contributed by atoms with E-state index in [0.717, 1.165) is 11.8 Å². The standard InChI is InChI=1S/C11H16N2O4S/c1-6(2)9(10(14)15)18-11-12-7(16-3)5-8(13-11)17-4/h5-6,9H,1-4H3,(H,14,15)/t9-/m0/s1. The van der Waals surface area contributed by atoms with Gasteiger partial charge in [-0.2, -0.15) is 9.97 Å². The van der Waals surface area contributed by atoms with Gasteiger partial charge in [0.25, 0.3) is 0 Å². The molecule has 0 aromatic carbocycles. The summed E-state index contributed by atoms with van der Waals surface area (Å²) in [5.41, 5.74) is 0. The molecule has 0 aliphatic rings. The summed E-state index contributed by atoms with van der Waals surface area (Å²) in [6, 6.07) is 1.54. The Morgan fingerprint density at radius 2 is 1.78 bits per heavy atom. The summed E-state index contributed by atoms with van der Waals surface area (Å²) in [5, 5.41) is 8.84. The SMILES string of the molecule is COc1cc(OC)nc(S[C@H](C(=O)O)C(C)C)n1. The van der Waals surface area contributed by atoms with Crippen LogP contribution in [0.15, 0.2) is 11.2 Å². The van der Waals surface area contributed by atoms with E-state index in [0.29, 0.717) is 16.9 Å². The number of carbonyl (C=O) groups is 1. The summed E-state index contributed by atoms with van der Waals surface area (Å²) >= 11 is 1.08. The van der Waals surface area contributed by atoms with E-state index in [4.69, 9.17) is 14.6 Å². The molecule has 0 saturated carbocycles. The Balaban J connectivity index is 2.98. The van der Waals surface area contributed by atoms with Gasteiger partial charge in [0.15, 0.2) is 5.16 Å². The van der Waals surface area contributed by atoms with Gasteiger partial charge in [0.1, 0.15) is 5.25 Å². The van der Waals surface area contributed by atoms with Gasteiger partial charge in [-0.05, 0) is 5.92 Å². The Kier molecular flexibility index (Phi) is 5.21. The molecule has 1 heterocycles. The number of hydrogen-bond donors (Lipinski definition) is 1. The van der Waals surface area contributed by atoms with Gasteiger partial charge in [0, 0.05) is 0 Å². The van der Waals surface area contributed by atoms with Crippen molar-refractivity contribution in [2.75, 3.05) is 14.2 Å². The minimum atomic E-state index is -0.889. The Bertz CT molecular complexity index is 403. The molecule has 1 atom stereocenters. The molecule has 100 valence electrons. The van der Waals surface area contributed by atoms with Crippen molar-refractivity contribution in [3.05, 3.63) is 6.07 Å². The first-order valence-electron chi connectivity index (χ1n) is 5.34. The maximum Gasteiger partial charge on any atom is 0.317 e. The van der Waals surface area contributed by atoms with Crippen molar-refractivity contribution < 1.29 is 19.4 Å². The minimum absolute atomic E-state index is 0.0340. The molecule has 0 aliphatic heterocycles. The second kappa shape index (κ2) is 6.44. The molecule has 0 amide bonds. The van der Waals surface area contributed by atoms with Crippen molar-refractivity contribution in [1.29, 1.82) is 0 Å². The van der Waals surface area contributed by atoms with Crippen LogP contribution in [-0.2, 0) is 4.79 Å². The fraction of sp³-hybridized carbons (Fsp3) is 0.545. The van der Waals surface area contributed by atoms with Crippen LogP contribution in [0.25, 0.3) is 0 Å². The van der Waals surface area contributed by atoms with Gasteiger partial charge < -0.3 is 14.6 Å². The van der Waals surface area contributed by atoms with Crippen molar-refractivity contribution in [3.8, 4) is 11.8 Å². The maximum atomic E-state index is 11.1. The quantitative estimate of drug-likeness (QED) is 0.623. The van der Waals surface area contributed by atoms with Crippen LogP contribution in [-0.4, -0.2) is 40.5 Å². The number of nitrogens with zero attached hydrogens (tertiary/aromatic N) is 2. The summed E-state index contributed by atoms with van der Waals surface area (Å²) in [5.74, 6) is -0.233. The number of rotatable bonds is 6. The molecule has 0 radical (unpaired) electrons. The van der Waals surface area contributed by atoms with Crippen LogP contribution >= 0.6 is 11.8 Å². The van der Waals surface area contributed by atoms with Gasteiger partial charge in [-0.15, -0.1) is 0 Å². The molecule has 0 unspecified atom stereocenters. The highest BCUT2D eigenvalue weighted by molar-refractivity contribution is 8.00. The summed E-state index contributed by atoms with van der Waals surface area (Å²) < 4.78 is 10.0. The Hall–Kier alpha value is -1.50. The molecule has 0 spiro atoms. The zero-order chi connectivity index (χ0) is 13.7. The smallest absolute Gasteiger partial charge is 0.317 e. The molecule has 1 aromatic heterocycles. The fourth-order valence-electron chi connectivity index (χ4n) is 1.23. The highest BCUT2D eigenvalue weighted by atomic mass is 32.2. The van der Waals surface area contributed by atoms with Gasteiger partial charge >= 0.3 is 5.97 Å². The zero-order valence-corrected chi connectivity index (χ0v) is 11.5. The van der Waals surface area contributed by atoms with E-state index in [1.54, 1.807) is 0 Å². The molecule has 0 bridgehead atoms. The van der Waals surface area contributed by atoms with Crippen LogP contribution in [0.2, 0.25) is 0 Å². The normalized spacial score (nSPS) is 12.3. The average Bonchev–Trinajstić information content (AvgIpc) is 2.34. The van der Waals surface area contributed by atoms with Crippen LogP contribution in [0.3, 0.4) is 0 Å². The number of carboxylic acid groups (broad SMARTS) is 1. The predicted molar refractivity (Wildman–Crippen MR) is 67.3 cm³/mol. The van der Waals surface area contributed by atoms with E-state index in [1.165, 1.54) is 20.3 Å². The average molecular weight is 272 g/mol. The molecule has 18 heavy (non-hydrogen) atoms. The van der Waals surface area contributed by atoms with Crippen molar-refractivity contribution in [2.24, 2.45) is 5.92 Å². The molecule has 0 aliphatic carbocycles. The largest absolute Gasteiger partial charge is 0.481 e. The zero-order valence-electron chi connectivity index (χ0n) is 10.7. The Labute approximate surface area is 110 Å². The number of aliphatic carboxylic acids is 1. The number of ether oxygens (including phenoxy) is 2. The molecule has 7 heteroatoms. The lowest BCUT2D eigenvalue weighted by atomic mass is 10.1. The topological polar surface area (TPSA) is 81.5 Å². The highest BCUT2D eigenvalue weighted by Crippen LogP contribution is 2.28. The second-order valence-electron chi connectivity index (χ2n) is 3.86. The minimum Gasteiger partial charge on any atom is -0.481 e. The molecule has 0 saturated heterocycles. The van der Waals surface area contributed by atoms with Gasteiger partial charge in [-0.1, -0.05) is 25.6 Å². The number of thioether (sulfide) groups is 1. The van der Waals surface area contributed by atoms with Gasteiger partial charge in [0.05, 0.1) is 20.3 Å². The van der Waals surface area contributed by atoms with Crippen molar-refractivity contribution in [3.63, 3.8) is 0 Å².